The Labute approximate surface area is 152 Å². The number of hydrogen-bond donors (Lipinski definition) is 0. The minimum absolute atomic E-state index is 0.00812. The van der Waals surface area contributed by atoms with Crippen LogP contribution in [0.25, 0.3) is 0 Å². The Balaban J connectivity index is 1.68. The van der Waals surface area contributed by atoms with Crippen LogP contribution >= 0.6 is 11.3 Å². The van der Waals surface area contributed by atoms with Gasteiger partial charge in [0.25, 0.3) is 5.91 Å². The van der Waals surface area contributed by atoms with E-state index in [1.165, 1.54) is 26.7 Å². The number of hydrogen-bond acceptors (Lipinski definition) is 5. The molecule has 0 aromatic carbocycles. The first-order chi connectivity index (χ1) is 11.9. The summed E-state index contributed by atoms with van der Waals surface area (Å²) in [4.78, 5) is 20.4. The van der Waals surface area contributed by atoms with Crippen molar-refractivity contribution in [1.82, 2.24) is 14.2 Å². The fourth-order valence-corrected chi connectivity index (χ4v) is 5.38. The van der Waals surface area contributed by atoms with Gasteiger partial charge in [0.15, 0.2) is 0 Å². The summed E-state index contributed by atoms with van der Waals surface area (Å²) in [5, 5.41) is 0. The normalized spacial score (nSPS) is 16.2. The molecular weight excluding hydrogens is 358 g/mol. The van der Waals surface area contributed by atoms with Gasteiger partial charge in [-0.2, -0.15) is 4.31 Å². The van der Waals surface area contributed by atoms with Crippen LogP contribution in [0.4, 0.5) is 0 Å². The number of piperazine rings is 1. The fourth-order valence-electron chi connectivity index (χ4n) is 2.91. The van der Waals surface area contributed by atoms with Crippen molar-refractivity contribution in [3.05, 3.63) is 45.9 Å². The van der Waals surface area contributed by atoms with E-state index in [1.807, 2.05) is 13.0 Å². The third-order valence-electron chi connectivity index (χ3n) is 4.35. The zero-order valence-electron chi connectivity index (χ0n) is 14.3. The Bertz CT molecular complexity index is 855. The molecule has 3 rings (SSSR count). The molecule has 1 fully saturated rings. The molecule has 0 radical (unpaired) electrons. The first kappa shape index (κ1) is 18.0. The highest BCUT2D eigenvalue weighted by molar-refractivity contribution is 7.89. The minimum atomic E-state index is -3.55. The van der Waals surface area contributed by atoms with Crippen LogP contribution in [0.2, 0.25) is 0 Å². The molecule has 25 heavy (non-hydrogen) atoms. The van der Waals surface area contributed by atoms with E-state index in [2.05, 4.69) is 11.9 Å². The number of carbonyl (C=O) groups excluding carboxylic acids is 1. The maximum atomic E-state index is 12.7. The summed E-state index contributed by atoms with van der Waals surface area (Å²) in [5.41, 5.74) is 1.15. The van der Waals surface area contributed by atoms with Gasteiger partial charge in [0.05, 0.1) is 4.88 Å². The van der Waals surface area contributed by atoms with Crippen molar-refractivity contribution in [3.63, 3.8) is 0 Å². The molecule has 134 valence electrons. The number of carbonyl (C=O) groups is 1. The molecule has 1 aliphatic heterocycles. The van der Waals surface area contributed by atoms with Gasteiger partial charge in [-0.15, -0.1) is 11.3 Å². The van der Waals surface area contributed by atoms with Crippen molar-refractivity contribution in [2.45, 2.75) is 25.2 Å². The molecule has 1 aliphatic rings. The highest BCUT2D eigenvalue weighted by atomic mass is 32.2. The summed E-state index contributed by atoms with van der Waals surface area (Å²) in [6.07, 6.45) is 3.82. The smallest absolute Gasteiger partial charge is 0.264 e. The van der Waals surface area contributed by atoms with Crippen LogP contribution in [0.1, 0.15) is 27.0 Å². The lowest BCUT2D eigenvalue weighted by molar-refractivity contribution is 0.0702. The summed E-state index contributed by atoms with van der Waals surface area (Å²) in [6, 6.07) is 5.09. The molecule has 6 nitrogen and oxygen atoms in total. The predicted octanol–water partition coefficient (Wildman–Crippen LogP) is 2.16. The summed E-state index contributed by atoms with van der Waals surface area (Å²) in [6.45, 7) is 5.50. The molecule has 0 aliphatic carbocycles. The second-order valence-electron chi connectivity index (χ2n) is 5.96. The molecular formula is C17H21N3O3S2. The van der Waals surface area contributed by atoms with Crippen molar-refractivity contribution in [2.24, 2.45) is 0 Å². The van der Waals surface area contributed by atoms with Crippen LogP contribution < -0.4 is 0 Å². The second-order valence-corrected chi connectivity index (χ2v) is 9.03. The van der Waals surface area contributed by atoms with Crippen molar-refractivity contribution in [3.8, 4) is 0 Å². The largest absolute Gasteiger partial charge is 0.335 e. The Kier molecular flexibility index (Phi) is 5.21. The van der Waals surface area contributed by atoms with E-state index in [-0.39, 0.29) is 10.8 Å². The zero-order valence-corrected chi connectivity index (χ0v) is 15.9. The highest BCUT2D eigenvalue weighted by Crippen LogP contribution is 2.24. The molecule has 1 amide bonds. The third kappa shape index (κ3) is 3.61. The number of thiophene rings is 1. The predicted molar refractivity (Wildman–Crippen MR) is 97.3 cm³/mol. The Morgan fingerprint density at radius 3 is 2.56 bits per heavy atom. The van der Waals surface area contributed by atoms with Crippen molar-refractivity contribution in [2.75, 3.05) is 26.2 Å². The van der Waals surface area contributed by atoms with Crippen LogP contribution in [-0.2, 0) is 16.4 Å². The zero-order chi connectivity index (χ0) is 18.0. The Hall–Kier alpha value is -1.77. The molecule has 2 aromatic heterocycles. The van der Waals surface area contributed by atoms with Crippen LogP contribution in [0.3, 0.4) is 0 Å². The van der Waals surface area contributed by atoms with Gasteiger partial charge in [-0.05, 0) is 37.1 Å². The number of aryl methyl sites for hydroxylation is 2. The van der Waals surface area contributed by atoms with Gasteiger partial charge in [0, 0.05) is 43.4 Å². The SMILES string of the molecule is CCc1sc(C(=O)N2CCN(S(=O)(=O)c3cccnc3)CC2)cc1C. The molecule has 0 unspecified atom stereocenters. The van der Waals surface area contributed by atoms with E-state index in [9.17, 15) is 13.2 Å². The van der Waals surface area contributed by atoms with E-state index in [0.717, 1.165) is 16.9 Å². The summed E-state index contributed by atoms with van der Waals surface area (Å²) in [7, 11) is -3.55. The molecule has 0 saturated carbocycles. The molecule has 0 N–H and O–H groups in total. The van der Waals surface area contributed by atoms with Crippen LogP contribution in [0.5, 0.6) is 0 Å². The molecule has 3 heterocycles. The standard InChI is InChI=1S/C17H21N3O3S2/c1-3-15-13(2)11-16(24-15)17(21)19-7-9-20(10-8-19)25(22,23)14-5-4-6-18-12-14/h4-6,11-12H,3,7-10H2,1-2H3. The second kappa shape index (κ2) is 7.23. The fraction of sp³-hybridized carbons (Fsp3) is 0.412. The highest BCUT2D eigenvalue weighted by Gasteiger charge is 2.31. The maximum Gasteiger partial charge on any atom is 0.264 e. The lowest BCUT2D eigenvalue weighted by Crippen LogP contribution is -2.50. The number of sulfonamides is 1. The van der Waals surface area contributed by atoms with Gasteiger partial charge in [-0.25, -0.2) is 8.42 Å². The van der Waals surface area contributed by atoms with Crippen molar-refractivity contribution in [1.29, 1.82) is 0 Å². The topological polar surface area (TPSA) is 70.6 Å². The number of amides is 1. The lowest BCUT2D eigenvalue weighted by atomic mass is 10.2. The van der Waals surface area contributed by atoms with E-state index in [4.69, 9.17) is 0 Å². The monoisotopic (exact) mass is 379 g/mol. The molecule has 2 aromatic rings. The maximum absolute atomic E-state index is 12.7. The summed E-state index contributed by atoms with van der Waals surface area (Å²) in [5.74, 6) is -0.00812. The average Bonchev–Trinajstić information content (AvgIpc) is 3.02. The first-order valence-corrected chi connectivity index (χ1v) is 10.5. The van der Waals surface area contributed by atoms with Crippen LogP contribution in [0.15, 0.2) is 35.5 Å². The number of aromatic nitrogens is 1. The van der Waals surface area contributed by atoms with Crippen LogP contribution in [0, 0.1) is 6.92 Å². The van der Waals surface area contributed by atoms with Gasteiger partial charge in [0.1, 0.15) is 4.90 Å². The van der Waals surface area contributed by atoms with Gasteiger partial charge in [0.2, 0.25) is 10.0 Å². The number of nitrogens with zero attached hydrogens (tertiary/aromatic N) is 3. The van der Waals surface area contributed by atoms with Crippen molar-refractivity contribution < 1.29 is 13.2 Å². The average molecular weight is 380 g/mol. The minimum Gasteiger partial charge on any atom is -0.335 e. The van der Waals surface area contributed by atoms with Gasteiger partial charge < -0.3 is 4.90 Å². The quantitative estimate of drug-likeness (QED) is 0.816. The summed E-state index contributed by atoms with van der Waals surface area (Å²) >= 11 is 1.53. The third-order valence-corrected chi connectivity index (χ3v) is 7.60. The number of rotatable bonds is 4. The first-order valence-electron chi connectivity index (χ1n) is 8.22. The molecule has 8 heteroatoms. The van der Waals surface area contributed by atoms with E-state index >= 15 is 0 Å². The molecule has 1 saturated heterocycles. The van der Waals surface area contributed by atoms with E-state index in [0.29, 0.717) is 26.2 Å². The molecule has 0 spiro atoms. The van der Waals surface area contributed by atoms with Gasteiger partial charge in [-0.3, -0.25) is 9.78 Å². The van der Waals surface area contributed by atoms with Crippen LogP contribution in [-0.4, -0.2) is 54.7 Å². The molecule has 0 atom stereocenters. The Morgan fingerprint density at radius 1 is 1.28 bits per heavy atom. The molecule has 0 bridgehead atoms. The van der Waals surface area contributed by atoms with Gasteiger partial charge in [-0.1, -0.05) is 6.92 Å². The Morgan fingerprint density at radius 2 is 2.00 bits per heavy atom. The van der Waals surface area contributed by atoms with Gasteiger partial charge >= 0.3 is 0 Å². The van der Waals surface area contributed by atoms with E-state index in [1.54, 1.807) is 23.2 Å². The van der Waals surface area contributed by atoms with Crippen molar-refractivity contribution >= 4 is 27.3 Å². The number of pyridine rings is 1. The lowest BCUT2D eigenvalue weighted by Gasteiger charge is -2.33. The summed E-state index contributed by atoms with van der Waals surface area (Å²) < 4.78 is 26.6. The van der Waals surface area contributed by atoms with E-state index < -0.39 is 10.0 Å².